The summed E-state index contributed by atoms with van der Waals surface area (Å²) in [6.45, 7) is 8.03. The molecule has 1 saturated heterocycles. The molecular weight excluding hydrogens is 494 g/mol. The van der Waals surface area contributed by atoms with Crippen molar-refractivity contribution in [2.45, 2.75) is 26.4 Å². The molecule has 1 aliphatic rings. The molecule has 0 unspecified atom stereocenters. The highest BCUT2D eigenvalue weighted by Gasteiger charge is 2.10. The van der Waals surface area contributed by atoms with E-state index in [1.54, 1.807) is 13.1 Å². The van der Waals surface area contributed by atoms with E-state index in [9.17, 15) is 4.39 Å². The Balaban J connectivity index is 0.00000320. The molecule has 0 saturated carbocycles. The summed E-state index contributed by atoms with van der Waals surface area (Å²) in [7, 11) is 1.77. The lowest BCUT2D eigenvalue weighted by Gasteiger charge is -2.26. The second-order valence-corrected chi connectivity index (χ2v) is 7.38. The van der Waals surface area contributed by atoms with Crippen LogP contribution in [-0.2, 0) is 24.2 Å². The van der Waals surface area contributed by atoms with Gasteiger partial charge in [-0.15, -0.1) is 24.0 Å². The molecule has 7 heteroatoms. The van der Waals surface area contributed by atoms with Crippen molar-refractivity contribution in [3.63, 3.8) is 0 Å². The number of benzene rings is 2. The number of nitrogens with one attached hydrogen (secondary N) is 2. The van der Waals surface area contributed by atoms with E-state index in [1.807, 2.05) is 13.0 Å². The predicted molar refractivity (Wildman–Crippen MR) is 131 cm³/mol. The van der Waals surface area contributed by atoms with Crippen molar-refractivity contribution in [2.24, 2.45) is 4.99 Å². The average Bonchev–Trinajstić information content (AvgIpc) is 2.74. The fraction of sp³-hybridized carbons (Fsp3) is 0.435. The Labute approximate surface area is 196 Å². The fourth-order valence-electron chi connectivity index (χ4n) is 3.44. The van der Waals surface area contributed by atoms with Gasteiger partial charge in [-0.1, -0.05) is 30.3 Å². The van der Waals surface area contributed by atoms with Crippen molar-refractivity contribution in [3.05, 3.63) is 70.5 Å². The van der Waals surface area contributed by atoms with Gasteiger partial charge in [-0.05, 0) is 47.7 Å². The van der Waals surface area contributed by atoms with E-state index in [1.165, 1.54) is 17.2 Å². The van der Waals surface area contributed by atoms with Crippen LogP contribution in [0.15, 0.2) is 47.5 Å². The van der Waals surface area contributed by atoms with Crippen LogP contribution in [0.25, 0.3) is 0 Å². The molecule has 1 aliphatic heterocycles. The van der Waals surface area contributed by atoms with Crippen molar-refractivity contribution in [3.8, 4) is 0 Å². The van der Waals surface area contributed by atoms with Gasteiger partial charge in [0.25, 0.3) is 0 Å². The zero-order valence-corrected chi connectivity index (χ0v) is 20.1. The van der Waals surface area contributed by atoms with Crippen LogP contribution >= 0.6 is 24.0 Å². The minimum Gasteiger partial charge on any atom is -0.379 e. The number of rotatable bonds is 7. The number of hydrogen-bond acceptors (Lipinski definition) is 3. The van der Waals surface area contributed by atoms with Crippen LogP contribution in [0.3, 0.4) is 0 Å². The van der Waals surface area contributed by atoms with Crippen LogP contribution in [-0.4, -0.2) is 50.8 Å². The highest BCUT2D eigenvalue weighted by atomic mass is 127. The van der Waals surface area contributed by atoms with Gasteiger partial charge < -0.3 is 15.4 Å². The lowest BCUT2D eigenvalue weighted by Crippen LogP contribution is -2.38. The molecule has 0 bridgehead atoms. The van der Waals surface area contributed by atoms with Crippen LogP contribution in [0.4, 0.5) is 4.39 Å². The summed E-state index contributed by atoms with van der Waals surface area (Å²) >= 11 is 0. The zero-order valence-electron chi connectivity index (χ0n) is 17.8. The molecular formula is C23H32FIN4O. The minimum atomic E-state index is -0.187. The molecule has 1 heterocycles. The molecule has 0 aliphatic carbocycles. The first-order valence-electron chi connectivity index (χ1n) is 10.2. The first-order valence-corrected chi connectivity index (χ1v) is 10.2. The molecule has 3 rings (SSSR count). The standard InChI is InChI=1S/C23H31FN4O.HI/c1-18-15-22(24)8-7-21(18)9-10-26-23(25-2)27-16-19-3-5-20(6-4-19)17-28-11-13-29-14-12-28;/h3-8,15H,9-14,16-17H2,1-2H3,(H2,25,26,27);1H. The minimum absolute atomic E-state index is 0. The largest absolute Gasteiger partial charge is 0.379 e. The van der Waals surface area contributed by atoms with Crippen LogP contribution in [0, 0.1) is 12.7 Å². The molecule has 1 fully saturated rings. The molecule has 164 valence electrons. The topological polar surface area (TPSA) is 48.9 Å². The van der Waals surface area contributed by atoms with E-state index in [4.69, 9.17) is 4.74 Å². The maximum Gasteiger partial charge on any atom is 0.191 e. The summed E-state index contributed by atoms with van der Waals surface area (Å²) < 4.78 is 18.6. The number of guanidine groups is 1. The first-order chi connectivity index (χ1) is 14.1. The van der Waals surface area contributed by atoms with Crippen molar-refractivity contribution in [1.29, 1.82) is 0 Å². The van der Waals surface area contributed by atoms with Gasteiger partial charge in [0.2, 0.25) is 0 Å². The highest BCUT2D eigenvalue weighted by Crippen LogP contribution is 2.11. The third-order valence-electron chi connectivity index (χ3n) is 5.21. The smallest absolute Gasteiger partial charge is 0.191 e. The molecule has 2 N–H and O–H groups in total. The first kappa shape index (κ1) is 24.6. The second-order valence-electron chi connectivity index (χ2n) is 7.38. The lowest BCUT2D eigenvalue weighted by atomic mass is 10.1. The normalized spacial score (nSPS) is 14.8. The third kappa shape index (κ3) is 7.85. The van der Waals surface area contributed by atoms with Gasteiger partial charge in [0.15, 0.2) is 5.96 Å². The second kappa shape index (κ2) is 12.9. The van der Waals surface area contributed by atoms with E-state index in [0.29, 0.717) is 6.54 Å². The van der Waals surface area contributed by atoms with Gasteiger partial charge >= 0.3 is 0 Å². The van der Waals surface area contributed by atoms with E-state index in [2.05, 4.69) is 44.8 Å². The molecule has 0 atom stereocenters. The van der Waals surface area contributed by atoms with E-state index in [0.717, 1.165) is 62.9 Å². The van der Waals surface area contributed by atoms with Crippen LogP contribution < -0.4 is 10.6 Å². The molecule has 0 amide bonds. The summed E-state index contributed by atoms with van der Waals surface area (Å²) in [5.74, 6) is 0.579. The highest BCUT2D eigenvalue weighted by molar-refractivity contribution is 14.0. The predicted octanol–water partition coefficient (Wildman–Crippen LogP) is 3.49. The van der Waals surface area contributed by atoms with Crippen molar-refractivity contribution in [1.82, 2.24) is 15.5 Å². The molecule has 0 radical (unpaired) electrons. The summed E-state index contributed by atoms with van der Waals surface area (Å²) in [4.78, 5) is 6.70. The van der Waals surface area contributed by atoms with Gasteiger partial charge in [0, 0.05) is 39.8 Å². The van der Waals surface area contributed by atoms with Crippen molar-refractivity contribution in [2.75, 3.05) is 39.9 Å². The van der Waals surface area contributed by atoms with Crippen molar-refractivity contribution < 1.29 is 9.13 Å². The Morgan fingerprint density at radius 1 is 1.07 bits per heavy atom. The number of aryl methyl sites for hydroxylation is 1. The number of hydrogen-bond donors (Lipinski definition) is 2. The monoisotopic (exact) mass is 526 g/mol. The summed E-state index contributed by atoms with van der Waals surface area (Å²) in [5, 5.41) is 6.67. The number of aliphatic imine (C=N–C) groups is 1. The van der Waals surface area contributed by atoms with Gasteiger partial charge in [-0.2, -0.15) is 0 Å². The summed E-state index contributed by atoms with van der Waals surface area (Å²) in [6, 6.07) is 13.7. The Morgan fingerprint density at radius 2 is 1.77 bits per heavy atom. The Morgan fingerprint density at radius 3 is 2.43 bits per heavy atom. The van der Waals surface area contributed by atoms with E-state index >= 15 is 0 Å². The van der Waals surface area contributed by atoms with Crippen molar-refractivity contribution >= 4 is 29.9 Å². The van der Waals surface area contributed by atoms with Gasteiger partial charge in [-0.3, -0.25) is 9.89 Å². The quantitative estimate of drug-likeness (QED) is 0.330. The number of nitrogens with zero attached hydrogens (tertiary/aromatic N) is 2. The molecule has 0 spiro atoms. The summed E-state index contributed by atoms with van der Waals surface area (Å²) in [5.41, 5.74) is 4.66. The average molecular weight is 526 g/mol. The molecule has 30 heavy (non-hydrogen) atoms. The Bertz CT molecular complexity index is 807. The van der Waals surface area contributed by atoms with Crippen LogP contribution in [0.1, 0.15) is 22.3 Å². The zero-order chi connectivity index (χ0) is 20.5. The molecule has 0 aromatic heterocycles. The number of morpholine rings is 1. The Hall–Kier alpha value is -1.71. The molecule has 2 aromatic carbocycles. The SMILES string of the molecule is CN=C(NCCc1ccc(F)cc1C)NCc1ccc(CN2CCOCC2)cc1.I. The van der Waals surface area contributed by atoms with E-state index in [-0.39, 0.29) is 29.8 Å². The maximum absolute atomic E-state index is 13.2. The van der Waals surface area contributed by atoms with Gasteiger partial charge in [0.1, 0.15) is 5.82 Å². The third-order valence-corrected chi connectivity index (χ3v) is 5.21. The fourth-order valence-corrected chi connectivity index (χ4v) is 3.44. The van der Waals surface area contributed by atoms with Gasteiger partial charge in [-0.25, -0.2) is 4.39 Å². The lowest BCUT2D eigenvalue weighted by molar-refractivity contribution is 0.0342. The molecule has 2 aromatic rings. The van der Waals surface area contributed by atoms with Gasteiger partial charge in [0.05, 0.1) is 13.2 Å². The maximum atomic E-state index is 13.2. The number of ether oxygens (including phenoxy) is 1. The van der Waals surface area contributed by atoms with E-state index < -0.39 is 0 Å². The Kier molecular flexibility index (Phi) is 10.5. The van der Waals surface area contributed by atoms with Crippen LogP contribution in [0.5, 0.6) is 0 Å². The number of halogens is 2. The van der Waals surface area contributed by atoms with Crippen LogP contribution in [0.2, 0.25) is 0 Å². The molecule has 5 nitrogen and oxygen atoms in total. The summed E-state index contributed by atoms with van der Waals surface area (Å²) in [6.07, 6.45) is 0.822.